The van der Waals surface area contributed by atoms with Crippen LogP contribution in [0.5, 0.6) is 0 Å². The Labute approximate surface area is 114 Å². The molecule has 0 radical (unpaired) electrons. The van der Waals surface area contributed by atoms with Crippen molar-refractivity contribution in [1.29, 1.82) is 0 Å². The van der Waals surface area contributed by atoms with E-state index in [0.29, 0.717) is 0 Å². The van der Waals surface area contributed by atoms with Crippen molar-refractivity contribution in [3.05, 3.63) is 33.3 Å². The second-order valence-corrected chi connectivity index (χ2v) is 6.47. The molecule has 4 heteroatoms. The Balaban J connectivity index is 1.88. The highest BCUT2D eigenvalue weighted by Gasteiger charge is 2.14. The van der Waals surface area contributed by atoms with Gasteiger partial charge in [-0.25, -0.2) is 0 Å². The molecule has 0 amide bonds. The van der Waals surface area contributed by atoms with Crippen molar-refractivity contribution >= 4 is 39.3 Å². The maximum Gasteiger partial charge on any atom is 0.0476 e. The predicted octanol–water partition coefficient (Wildman–Crippen LogP) is 4.51. The quantitative estimate of drug-likeness (QED) is 0.810. The summed E-state index contributed by atoms with van der Waals surface area (Å²) < 4.78 is 6.38. The summed E-state index contributed by atoms with van der Waals surface area (Å²) in [5.41, 5.74) is 1.22. The lowest BCUT2D eigenvalue weighted by Gasteiger charge is -2.21. The first-order valence-electron chi connectivity index (χ1n) is 5.39. The molecule has 0 N–H and O–H groups in total. The average molecular weight is 322 g/mol. The summed E-state index contributed by atoms with van der Waals surface area (Å²) in [6.45, 7) is 1.82. The molecule has 1 heterocycles. The van der Waals surface area contributed by atoms with E-state index in [2.05, 4.69) is 22.0 Å². The number of halogens is 2. The molecule has 0 spiro atoms. The predicted molar refractivity (Wildman–Crippen MR) is 74.3 cm³/mol. The molecule has 0 aliphatic carbocycles. The van der Waals surface area contributed by atoms with Crippen molar-refractivity contribution in [2.75, 3.05) is 13.2 Å². The monoisotopic (exact) mass is 320 g/mol. The molecule has 0 bridgehead atoms. The van der Waals surface area contributed by atoms with E-state index < -0.39 is 0 Å². The van der Waals surface area contributed by atoms with Crippen molar-refractivity contribution in [3.63, 3.8) is 0 Å². The molecule has 1 aliphatic heterocycles. The molecule has 0 atom stereocenters. The lowest BCUT2D eigenvalue weighted by Crippen LogP contribution is -2.17. The van der Waals surface area contributed by atoms with Crippen LogP contribution in [0.2, 0.25) is 5.02 Å². The van der Waals surface area contributed by atoms with Crippen molar-refractivity contribution in [2.45, 2.75) is 23.8 Å². The van der Waals surface area contributed by atoms with E-state index in [0.717, 1.165) is 33.7 Å². The van der Waals surface area contributed by atoms with E-state index in [1.165, 1.54) is 18.4 Å². The minimum Gasteiger partial charge on any atom is -0.381 e. The Hall–Kier alpha value is 0.300. The molecule has 0 aromatic heterocycles. The van der Waals surface area contributed by atoms with Crippen LogP contribution in [0.4, 0.5) is 0 Å². The second-order valence-electron chi connectivity index (χ2n) is 3.86. The van der Waals surface area contributed by atoms with E-state index in [4.69, 9.17) is 16.3 Å². The highest BCUT2D eigenvalue weighted by Crippen LogP contribution is 2.29. The summed E-state index contributed by atoms with van der Waals surface area (Å²) >= 11 is 11.6. The van der Waals surface area contributed by atoms with Gasteiger partial charge in [-0.05, 0) is 30.5 Å². The zero-order valence-electron chi connectivity index (χ0n) is 8.92. The molecule has 1 saturated heterocycles. The van der Waals surface area contributed by atoms with Crippen molar-refractivity contribution in [1.82, 2.24) is 0 Å². The molecular weight excluding hydrogens is 308 g/mol. The maximum absolute atomic E-state index is 6.18. The lowest BCUT2D eigenvalue weighted by atomic mass is 10.2. The molecule has 1 aliphatic rings. The molecule has 0 saturated carbocycles. The van der Waals surface area contributed by atoms with Gasteiger partial charge in [0, 0.05) is 33.7 Å². The Bertz CT molecular complexity index is 353. The van der Waals surface area contributed by atoms with Gasteiger partial charge in [0.2, 0.25) is 0 Å². The number of hydrogen-bond donors (Lipinski definition) is 0. The first-order chi connectivity index (χ1) is 7.75. The standard InChI is InChI=1S/C12H14BrClOS/c13-10-2-1-9(12(14)7-10)8-16-11-3-5-15-6-4-11/h1-2,7,11H,3-6,8H2. The van der Waals surface area contributed by atoms with Crippen LogP contribution in [-0.2, 0) is 10.5 Å². The molecule has 0 unspecified atom stereocenters. The molecular formula is C12H14BrClOS. The minimum atomic E-state index is 0.730. The molecule has 88 valence electrons. The third-order valence-electron chi connectivity index (χ3n) is 2.66. The Morgan fingerprint density at radius 1 is 1.38 bits per heavy atom. The molecule has 1 aromatic rings. The first-order valence-corrected chi connectivity index (χ1v) is 7.61. The van der Waals surface area contributed by atoms with Gasteiger partial charge >= 0.3 is 0 Å². The SMILES string of the molecule is Clc1cc(Br)ccc1CSC1CCOCC1. The molecule has 16 heavy (non-hydrogen) atoms. The molecule has 1 aromatic carbocycles. The van der Waals surface area contributed by atoms with Crippen LogP contribution in [0.15, 0.2) is 22.7 Å². The normalized spacial score (nSPS) is 17.6. The zero-order chi connectivity index (χ0) is 11.4. The second kappa shape index (κ2) is 6.29. The average Bonchev–Trinajstić information content (AvgIpc) is 2.29. The highest BCUT2D eigenvalue weighted by molar-refractivity contribution is 9.10. The summed E-state index contributed by atoms with van der Waals surface area (Å²) in [6.07, 6.45) is 2.33. The van der Waals surface area contributed by atoms with Crippen LogP contribution in [0, 0.1) is 0 Å². The molecule has 1 nitrogen and oxygen atoms in total. The summed E-state index contributed by atoms with van der Waals surface area (Å²) in [7, 11) is 0. The van der Waals surface area contributed by atoms with Crippen LogP contribution >= 0.6 is 39.3 Å². The number of rotatable bonds is 3. The van der Waals surface area contributed by atoms with Crippen molar-refractivity contribution in [2.24, 2.45) is 0 Å². The van der Waals surface area contributed by atoms with Crippen molar-refractivity contribution in [3.8, 4) is 0 Å². The van der Waals surface area contributed by atoms with Crippen LogP contribution < -0.4 is 0 Å². The Morgan fingerprint density at radius 3 is 2.81 bits per heavy atom. The van der Waals surface area contributed by atoms with Gasteiger partial charge in [0.25, 0.3) is 0 Å². The van der Waals surface area contributed by atoms with Crippen LogP contribution in [0.25, 0.3) is 0 Å². The van der Waals surface area contributed by atoms with Gasteiger partial charge in [0.1, 0.15) is 0 Å². The zero-order valence-corrected chi connectivity index (χ0v) is 12.1. The fraction of sp³-hybridized carbons (Fsp3) is 0.500. The summed E-state index contributed by atoms with van der Waals surface area (Å²) in [6, 6.07) is 6.10. The summed E-state index contributed by atoms with van der Waals surface area (Å²) in [4.78, 5) is 0. The highest BCUT2D eigenvalue weighted by atomic mass is 79.9. The number of thioether (sulfide) groups is 1. The number of ether oxygens (including phenoxy) is 1. The fourth-order valence-corrected chi connectivity index (χ4v) is 3.70. The van der Waals surface area contributed by atoms with E-state index in [-0.39, 0.29) is 0 Å². The third kappa shape index (κ3) is 3.66. The van der Waals surface area contributed by atoms with Gasteiger partial charge in [0.15, 0.2) is 0 Å². The van der Waals surface area contributed by atoms with E-state index >= 15 is 0 Å². The Morgan fingerprint density at radius 2 is 2.12 bits per heavy atom. The lowest BCUT2D eigenvalue weighted by molar-refractivity contribution is 0.1000. The van der Waals surface area contributed by atoms with Crippen LogP contribution in [0.3, 0.4) is 0 Å². The smallest absolute Gasteiger partial charge is 0.0476 e. The Kier molecular flexibility index (Phi) is 5.01. The minimum absolute atomic E-state index is 0.730. The van der Waals surface area contributed by atoms with Gasteiger partial charge in [-0.15, -0.1) is 0 Å². The van der Waals surface area contributed by atoms with E-state index in [1.807, 2.05) is 23.9 Å². The number of benzene rings is 1. The summed E-state index contributed by atoms with van der Waals surface area (Å²) in [5, 5.41) is 1.59. The molecule has 2 rings (SSSR count). The van der Waals surface area contributed by atoms with Gasteiger partial charge in [-0.2, -0.15) is 11.8 Å². The van der Waals surface area contributed by atoms with E-state index in [1.54, 1.807) is 0 Å². The number of hydrogen-bond acceptors (Lipinski definition) is 2. The van der Waals surface area contributed by atoms with Gasteiger partial charge < -0.3 is 4.74 Å². The first kappa shape index (κ1) is 12.7. The van der Waals surface area contributed by atoms with Crippen molar-refractivity contribution < 1.29 is 4.74 Å². The largest absolute Gasteiger partial charge is 0.381 e. The maximum atomic E-state index is 6.18. The molecule has 1 fully saturated rings. The van der Waals surface area contributed by atoms with Crippen LogP contribution in [-0.4, -0.2) is 18.5 Å². The summed E-state index contributed by atoms with van der Waals surface area (Å²) in [5.74, 6) is 0.997. The van der Waals surface area contributed by atoms with Gasteiger partial charge in [-0.1, -0.05) is 33.6 Å². The third-order valence-corrected chi connectivity index (χ3v) is 4.92. The van der Waals surface area contributed by atoms with E-state index in [9.17, 15) is 0 Å². The van der Waals surface area contributed by atoms with Gasteiger partial charge in [0.05, 0.1) is 0 Å². The topological polar surface area (TPSA) is 9.23 Å². The van der Waals surface area contributed by atoms with Crippen LogP contribution in [0.1, 0.15) is 18.4 Å². The fourth-order valence-electron chi connectivity index (χ4n) is 1.69. The van der Waals surface area contributed by atoms with Gasteiger partial charge in [-0.3, -0.25) is 0 Å².